The van der Waals surface area contributed by atoms with Crippen LogP contribution in [0.25, 0.3) is 5.76 Å². The summed E-state index contributed by atoms with van der Waals surface area (Å²) in [5, 5.41) is 11.3. The van der Waals surface area contributed by atoms with Gasteiger partial charge in [-0.1, -0.05) is 19.1 Å². The second-order valence-electron chi connectivity index (χ2n) is 9.18. The van der Waals surface area contributed by atoms with E-state index in [9.17, 15) is 19.1 Å². The van der Waals surface area contributed by atoms with Gasteiger partial charge in [-0.25, -0.2) is 4.39 Å². The normalized spacial score (nSPS) is 20.2. The lowest BCUT2D eigenvalue weighted by molar-refractivity contribution is -0.140. The zero-order valence-corrected chi connectivity index (χ0v) is 20.8. The van der Waals surface area contributed by atoms with Gasteiger partial charge in [0.05, 0.1) is 31.4 Å². The first-order valence-electron chi connectivity index (χ1n) is 12.5. The third-order valence-corrected chi connectivity index (χ3v) is 6.61. The molecule has 0 spiro atoms. The minimum Gasteiger partial charge on any atom is -0.507 e. The lowest BCUT2D eigenvalue weighted by atomic mass is 9.94. The molecule has 0 aromatic heterocycles. The van der Waals surface area contributed by atoms with Crippen LogP contribution in [0.15, 0.2) is 48.0 Å². The Kier molecular flexibility index (Phi) is 8.38. The predicted molar refractivity (Wildman–Crippen MR) is 134 cm³/mol. The SMILES string of the molecule is CCCOc1ccc(C(O)=C2C(=O)C(=O)N(CCCN3CCOCC3)[C@H]2c2ccc(F)cc2)cc1C. The Bertz CT molecular complexity index is 1130. The zero-order valence-electron chi connectivity index (χ0n) is 20.8. The highest BCUT2D eigenvalue weighted by molar-refractivity contribution is 6.46. The third-order valence-electron chi connectivity index (χ3n) is 6.61. The van der Waals surface area contributed by atoms with Crippen molar-refractivity contribution in [3.63, 3.8) is 0 Å². The van der Waals surface area contributed by atoms with Gasteiger partial charge in [0, 0.05) is 31.7 Å². The van der Waals surface area contributed by atoms with Gasteiger partial charge in [0.2, 0.25) is 0 Å². The molecule has 1 N–H and O–H groups in total. The minimum absolute atomic E-state index is 0.0135. The molecule has 2 aliphatic heterocycles. The van der Waals surface area contributed by atoms with E-state index in [0.29, 0.717) is 49.7 Å². The van der Waals surface area contributed by atoms with Crippen molar-refractivity contribution in [1.82, 2.24) is 9.80 Å². The van der Waals surface area contributed by atoms with Gasteiger partial charge in [-0.3, -0.25) is 14.5 Å². The van der Waals surface area contributed by atoms with Crippen molar-refractivity contribution < 1.29 is 28.6 Å². The van der Waals surface area contributed by atoms with E-state index in [2.05, 4.69) is 4.90 Å². The number of ether oxygens (including phenoxy) is 2. The highest BCUT2D eigenvalue weighted by Crippen LogP contribution is 2.40. The number of rotatable bonds is 9. The number of carbonyl (C=O) groups is 2. The van der Waals surface area contributed by atoms with E-state index in [0.717, 1.165) is 31.6 Å². The molecule has 2 fully saturated rings. The Morgan fingerprint density at radius 1 is 1.11 bits per heavy atom. The molecule has 0 aliphatic carbocycles. The number of halogens is 1. The van der Waals surface area contributed by atoms with Crippen molar-refractivity contribution in [3.05, 3.63) is 70.5 Å². The highest BCUT2D eigenvalue weighted by Gasteiger charge is 2.45. The second-order valence-corrected chi connectivity index (χ2v) is 9.18. The van der Waals surface area contributed by atoms with Crippen molar-refractivity contribution in [1.29, 1.82) is 0 Å². The number of aliphatic hydroxyl groups is 1. The van der Waals surface area contributed by atoms with Crippen LogP contribution in [-0.4, -0.2) is 72.6 Å². The molecule has 2 heterocycles. The van der Waals surface area contributed by atoms with Crippen molar-refractivity contribution in [2.24, 2.45) is 0 Å². The number of nitrogens with zero attached hydrogens (tertiary/aromatic N) is 2. The standard InChI is InChI=1S/C28H33FN2O5/c1-3-15-36-23-10-7-21(18-19(23)2)26(32)24-25(20-5-8-22(29)9-6-20)31(28(34)27(24)33)12-4-11-30-13-16-35-17-14-30/h5-10,18,25,32H,3-4,11-17H2,1-2H3/t25-/m0/s1. The Balaban J connectivity index is 1.66. The smallest absolute Gasteiger partial charge is 0.295 e. The maximum absolute atomic E-state index is 13.7. The molecular formula is C28H33FN2O5. The van der Waals surface area contributed by atoms with Crippen LogP contribution < -0.4 is 4.74 Å². The van der Waals surface area contributed by atoms with Gasteiger partial charge in [0.1, 0.15) is 17.3 Å². The van der Waals surface area contributed by atoms with E-state index < -0.39 is 23.5 Å². The number of hydrogen-bond donors (Lipinski definition) is 1. The summed E-state index contributed by atoms with van der Waals surface area (Å²) in [5.41, 5.74) is 1.82. The Hall–Kier alpha value is -3.23. The molecule has 1 amide bonds. The van der Waals surface area contributed by atoms with Crippen LogP contribution in [0.3, 0.4) is 0 Å². The Labute approximate surface area is 211 Å². The van der Waals surface area contributed by atoms with Gasteiger partial charge in [-0.05, 0) is 61.2 Å². The molecule has 7 nitrogen and oxygen atoms in total. The van der Waals surface area contributed by atoms with Crippen LogP contribution in [0.4, 0.5) is 4.39 Å². The number of likely N-dealkylation sites (tertiary alicyclic amines) is 1. The fourth-order valence-corrected chi connectivity index (χ4v) is 4.72. The number of benzene rings is 2. The van der Waals surface area contributed by atoms with Crippen LogP contribution in [0.2, 0.25) is 0 Å². The van der Waals surface area contributed by atoms with E-state index in [4.69, 9.17) is 9.47 Å². The van der Waals surface area contributed by atoms with Crippen molar-refractivity contribution in [2.75, 3.05) is 46.0 Å². The van der Waals surface area contributed by atoms with Crippen molar-refractivity contribution in [2.45, 2.75) is 32.7 Å². The van der Waals surface area contributed by atoms with E-state index in [-0.39, 0.29) is 11.3 Å². The summed E-state index contributed by atoms with van der Waals surface area (Å²) in [6.45, 7) is 8.59. The van der Waals surface area contributed by atoms with Crippen molar-refractivity contribution >= 4 is 17.4 Å². The molecule has 8 heteroatoms. The minimum atomic E-state index is -0.799. The van der Waals surface area contributed by atoms with E-state index in [1.54, 1.807) is 30.3 Å². The molecule has 36 heavy (non-hydrogen) atoms. The first kappa shape index (κ1) is 25.9. The summed E-state index contributed by atoms with van der Waals surface area (Å²) < 4.78 is 24.8. The summed E-state index contributed by atoms with van der Waals surface area (Å²) in [6, 6.07) is 10.1. The number of Topliss-reactive ketones (excluding diaryl/α,β-unsaturated/α-hetero) is 1. The van der Waals surface area contributed by atoms with E-state index in [1.165, 1.54) is 17.0 Å². The van der Waals surface area contributed by atoms with Gasteiger partial charge in [0.25, 0.3) is 11.7 Å². The van der Waals surface area contributed by atoms with Gasteiger partial charge in [0.15, 0.2) is 0 Å². The van der Waals surface area contributed by atoms with Gasteiger partial charge < -0.3 is 19.5 Å². The van der Waals surface area contributed by atoms with E-state index in [1.807, 2.05) is 13.8 Å². The molecule has 0 saturated carbocycles. The summed E-state index contributed by atoms with van der Waals surface area (Å²) in [6.07, 6.45) is 1.53. The highest BCUT2D eigenvalue weighted by atomic mass is 19.1. The van der Waals surface area contributed by atoms with Crippen LogP contribution in [0.5, 0.6) is 5.75 Å². The average Bonchev–Trinajstić information content (AvgIpc) is 3.13. The number of carbonyl (C=O) groups excluding carboxylic acids is 2. The van der Waals surface area contributed by atoms with Crippen LogP contribution in [0, 0.1) is 12.7 Å². The van der Waals surface area contributed by atoms with Gasteiger partial charge in [-0.2, -0.15) is 0 Å². The maximum Gasteiger partial charge on any atom is 0.295 e. The number of aliphatic hydroxyl groups excluding tert-OH is 1. The lowest BCUT2D eigenvalue weighted by Crippen LogP contribution is -2.38. The molecular weight excluding hydrogens is 463 g/mol. The molecule has 4 rings (SSSR count). The quantitative estimate of drug-likeness (QED) is 0.320. The third kappa shape index (κ3) is 5.60. The van der Waals surface area contributed by atoms with Gasteiger partial charge in [-0.15, -0.1) is 0 Å². The molecule has 192 valence electrons. The topological polar surface area (TPSA) is 79.3 Å². The monoisotopic (exact) mass is 496 g/mol. The second kappa shape index (κ2) is 11.7. The van der Waals surface area contributed by atoms with Crippen LogP contribution >= 0.6 is 0 Å². The lowest BCUT2D eigenvalue weighted by Gasteiger charge is -2.29. The summed E-state index contributed by atoms with van der Waals surface area (Å²) in [4.78, 5) is 30.1. The molecule has 1 atom stereocenters. The van der Waals surface area contributed by atoms with Crippen molar-refractivity contribution in [3.8, 4) is 5.75 Å². The van der Waals surface area contributed by atoms with Crippen LogP contribution in [0.1, 0.15) is 42.5 Å². The molecule has 0 bridgehead atoms. The molecule has 0 unspecified atom stereocenters. The average molecular weight is 497 g/mol. The maximum atomic E-state index is 13.7. The van der Waals surface area contributed by atoms with E-state index >= 15 is 0 Å². The Morgan fingerprint density at radius 2 is 1.83 bits per heavy atom. The fraction of sp³-hybridized carbons (Fsp3) is 0.429. The molecule has 2 aromatic rings. The van der Waals surface area contributed by atoms with Gasteiger partial charge >= 0.3 is 0 Å². The molecule has 2 saturated heterocycles. The number of hydrogen-bond acceptors (Lipinski definition) is 6. The van der Waals surface area contributed by atoms with Crippen LogP contribution in [-0.2, 0) is 14.3 Å². The summed E-state index contributed by atoms with van der Waals surface area (Å²) >= 11 is 0. The fourth-order valence-electron chi connectivity index (χ4n) is 4.72. The Morgan fingerprint density at radius 3 is 2.50 bits per heavy atom. The molecule has 0 radical (unpaired) electrons. The molecule has 2 aliphatic rings. The number of morpholine rings is 1. The number of aryl methyl sites for hydroxylation is 1. The first-order valence-corrected chi connectivity index (χ1v) is 12.5. The largest absolute Gasteiger partial charge is 0.507 e. The summed E-state index contributed by atoms with van der Waals surface area (Å²) in [5.74, 6) is -1.36. The number of ketones is 1. The number of amides is 1. The zero-order chi connectivity index (χ0) is 25.7. The molecule has 2 aromatic carbocycles. The summed E-state index contributed by atoms with van der Waals surface area (Å²) in [7, 11) is 0. The first-order chi connectivity index (χ1) is 17.4. The predicted octanol–water partition coefficient (Wildman–Crippen LogP) is 4.07.